The van der Waals surface area contributed by atoms with Gasteiger partial charge in [0.2, 0.25) is 0 Å². The van der Waals surface area contributed by atoms with Gasteiger partial charge in [0.05, 0.1) is 27.8 Å². The molecule has 0 amide bonds. The van der Waals surface area contributed by atoms with Gasteiger partial charge in [-0.2, -0.15) is 0 Å². The molecule has 0 saturated carbocycles. The van der Waals surface area contributed by atoms with Crippen molar-refractivity contribution in [3.63, 3.8) is 0 Å². The van der Waals surface area contributed by atoms with Crippen LogP contribution in [0.3, 0.4) is 0 Å². The molecule has 2 aromatic heterocycles. The molecule has 286 valence electrons. The summed E-state index contributed by atoms with van der Waals surface area (Å²) in [5.41, 5.74) is 15.4. The monoisotopic (exact) mass is 778 g/mol. The van der Waals surface area contributed by atoms with Gasteiger partial charge in [-0.15, -0.1) is 0 Å². The van der Waals surface area contributed by atoms with Crippen LogP contribution >= 0.6 is 0 Å². The summed E-state index contributed by atoms with van der Waals surface area (Å²) in [7, 11) is 0. The Kier molecular flexibility index (Phi) is 8.17. The zero-order chi connectivity index (χ0) is 40.3. The van der Waals surface area contributed by atoms with Crippen molar-refractivity contribution in [1.29, 1.82) is 0 Å². The number of fused-ring (bicyclic) bond motifs is 7. The van der Waals surface area contributed by atoms with Gasteiger partial charge in [-0.3, -0.25) is 0 Å². The minimum Gasteiger partial charge on any atom is -0.456 e. The van der Waals surface area contributed by atoms with Crippen LogP contribution in [0.2, 0.25) is 0 Å². The molecule has 0 saturated heterocycles. The lowest BCUT2D eigenvalue weighted by atomic mass is 9.90. The Hall–Kier alpha value is -8.14. The van der Waals surface area contributed by atoms with E-state index in [2.05, 4.69) is 234 Å². The first-order valence-corrected chi connectivity index (χ1v) is 20.9. The van der Waals surface area contributed by atoms with Gasteiger partial charge in [-0.1, -0.05) is 176 Å². The summed E-state index contributed by atoms with van der Waals surface area (Å²) < 4.78 is 8.97. The molecule has 2 heterocycles. The first kappa shape index (κ1) is 34.9. The number of furan rings is 1. The van der Waals surface area contributed by atoms with Crippen LogP contribution < -0.4 is 4.90 Å². The number of rotatable bonds is 7. The van der Waals surface area contributed by atoms with E-state index in [9.17, 15) is 0 Å². The second-order valence-corrected chi connectivity index (χ2v) is 15.6. The number of anilines is 3. The smallest absolute Gasteiger partial charge is 0.137 e. The lowest BCUT2D eigenvalue weighted by Crippen LogP contribution is -2.12. The fourth-order valence-corrected chi connectivity index (χ4v) is 9.58. The van der Waals surface area contributed by atoms with E-state index >= 15 is 0 Å². The SMILES string of the molecule is c1ccc(-c2cccc3cccc(-c4ccccc4N(c4cccc(-c5cccc6c7ccccc7n(-c7ccccc7)c56)c4)c4cccc5oc6ccccc6c45)c23)cc1. The Morgan fingerprint density at radius 1 is 0.361 bits per heavy atom. The zero-order valence-corrected chi connectivity index (χ0v) is 33.2. The molecule has 61 heavy (non-hydrogen) atoms. The van der Waals surface area contributed by atoms with E-state index in [-0.39, 0.29) is 0 Å². The Balaban J connectivity index is 1.14. The fourth-order valence-electron chi connectivity index (χ4n) is 9.58. The Labute approximate surface area is 353 Å². The fraction of sp³-hybridized carbons (Fsp3) is 0. The van der Waals surface area contributed by atoms with Crippen molar-refractivity contribution in [3.8, 4) is 39.1 Å². The summed E-state index contributed by atoms with van der Waals surface area (Å²) in [6, 6.07) is 83.0. The Bertz CT molecular complexity index is 3590. The van der Waals surface area contributed by atoms with Crippen LogP contribution in [0.15, 0.2) is 235 Å². The highest BCUT2D eigenvalue weighted by molar-refractivity contribution is 6.16. The van der Waals surface area contributed by atoms with Crippen molar-refractivity contribution in [1.82, 2.24) is 4.57 Å². The second kappa shape index (κ2) is 14.3. The first-order chi connectivity index (χ1) is 30.3. The van der Waals surface area contributed by atoms with E-state index in [4.69, 9.17) is 4.42 Å². The molecule has 0 aliphatic rings. The van der Waals surface area contributed by atoms with Crippen LogP contribution in [0.25, 0.3) is 93.6 Å². The molecule has 3 nitrogen and oxygen atoms in total. The maximum absolute atomic E-state index is 6.55. The predicted octanol–water partition coefficient (Wildman–Crippen LogP) is 16.3. The van der Waals surface area contributed by atoms with E-state index in [1.54, 1.807) is 0 Å². The van der Waals surface area contributed by atoms with Crippen molar-refractivity contribution < 1.29 is 4.42 Å². The third kappa shape index (κ3) is 5.66. The zero-order valence-electron chi connectivity index (χ0n) is 33.2. The molecular formula is C58H38N2O. The minimum atomic E-state index is 0.853. The molecular weight excluding hydrogens is 741 g/mol. The molecule has 0 unspecified atom stereocenters. The average molecular weight is 779 g/mol. The van der Waals surface area contributed by atoms with Gasteiger partial charge in [0, 0.05) is 38.7 Å². The largest absolute Gasteiger partial charge is 0.456 e. The van der Waals surface area contributed by atoms with Crippen LogP contribution in [0.5, 0.6) is 0 Å². The molecule has 0 radical (unpaired) electrons. The third-order valence-electron chi connectivity index (χ3n) is 12.2. The molecule has 0 aliphatic heterocycles. The van der Waals surface area contributed by atoms with Crippen molar-refractivity contribution in [2.75, 3.05) is 4.90 Å². The Morgan fingerprint density at radius 3 is 1.82 bits per heavy atom. The number of benzene rings is 10. The molecule has 0 aliphatic carbocycles. The molecule has 0 N–H and O–H groups in total. The lowest BCUT2D eigenvalue weighted by molar-refractivity contribution is 0.669. The van der Waals surface area contributed by atoms with Crippen molar-refractivity contribution in [2.24, 2.45) is 0 Å². The van der Waals surface area contributed by atoms with Crippen molar-refractivity contribution >= 4 is 71.6 Å². The van der Waals surface area contributed by atoms with Gasteiger partial charge in [0.1, 0.15) is 11.2 Å². The average Bonchev–Trinajstić information content (AvgIpc) is 3.89. The molecule has 10 aromatic carbocycles. The van der Waals surface area contributed by atoms with Crippen LogP contribution in [-0.4, -0.2) is 4.57 Å². The molecule has 0 bridgehead atoms. The quantitative estimate of drug-likeness (QED) is 0.161. The summed E-state index contributed by atoms with van der Waals surface area (Å²) in [6.07, 6.45) is 0. The van der Waals surface area contributed by atoms with Crippen LogP contribution in [-0.2, 0) is 0 Å². The molecule has 0 atom stereocenters. The topological polar surface area (TPSA) is 21.3 Å². The number of hydrogen-bond acceptors (Lipinski definition) is 2. The van der Waals surface area contributed by atoms with Crippen LogP contribution in [0.4, 0.5) is 17.1 Å². The summed E-state index contributed by atoms with van der Waals surface area (Å²) in [5, 5.41) is 7.05. The number of nitrogens with zero attached hydrogens (tertiary/aromatic N) is 2. The molecule has 12 rings (SSSR count). The van der Waals surface area contributed by atoms with Crippen LogP contribution in [0, 0.1) is 0 Å². The summed E-state index contributed by atoms with van der Waals surface area (Å²) >= 11 is 0. The van der Waals surface area contributed by atoms with E-state index in [0.717, 1.165) is 55.8 Å². The number of hydrogen-bond donors (Lipinski definition) is 0. The summed E-state index contributed by atoms with van der Waals surface area (Å²) in [6.45, 7) is 0. The van der Waals surface area contributed by atoms with Gasteiger partial charge in [0.15, 0.2) is 0 Å². The molecule has 0 spiro atoms. The minimum absolute atomic E-state index is 0.853. The highest BCUT2D eigenvalue weighted by atomic mass is 16.3. The maximum Gasteiger partial charge on any atom is 0.137 e. The van der Waals surface area contributed by atoms with E-state index in [1.807, 2.05) is 6.07 Å². The van der Waals surface area contributed by atoms with Gasteiger partial charge >= 0.3 is 0 Å². The van der Waals surface area contributed by atoms with E-state index < -0.39 is 0 Å². The first-order valence-electron chi connectivity index (χ1n) is 20.9. The van der Waals surface area contributed by atoms with Gasteiger partial charge in [0.25, 0.3) is 0 Å². The summed E-state index contributed by atoms with van der Waals surface area (Å²) in [4.78, 5) is 2.44. The van der Waals surface area contributed by atoms with Gasteiger partial charge in [-0.25, -0.2) is 0 Å². The number of aromatic nitrogens is 1. The van der Waals surface area contributed by atoms with Crippen LogP contribution in [0.1, 0.15) is 0 Å². The van der Waals surface area contributed by atoms with Crippen molar-refractivity contribution in [3.05, 3.63) is 231 Å². The van der Waals surface area contributed by atoms with Gasteiger partial charge in [-0.05, 0) is 87.6 Å². The summed E-state index contributed by atoms with van der Waals surface area (Å²) in [5.74, 6) is 0. The highest BCUT2D eigenvalue weighted by Gasteiger charge is 2.24. The lowest BCUT2D eigenvalue weighted by Gasteiger charge is -2.29. The number of para-hydroxylation sites is 5. The highest BCUT2D eigenvalue weighted by Crippen LogP contribution is 2.49. The van der Waals surface area contributed by atoms with E-state index in [1.165, 1.54) is 54.8 Å². The van der Waals surface area contributed by atoms with Gasteiger partial charge < -0.3 is 13.9 Å². The predicted molar refractivity (Wildman–Crippen MR) is 257 cm³/mol. The second-order valence-electron chi connectivity index (χ2n) is 15.6. The van der Waals surface area contributed by atoms with E-state index in [0.29, 0.717) is 0 Å². The molecule has 0 fully saturated rings. The van der Waals surface area contributed by atoms with Crippen molar-refractivity contribution in [2.45, 2.75) is 0 Å². The standard InChI is InChI=1S/C58H38N2O/c1-3-18-39(19-4-1)44-29-14-20-40-21-15-31-48(56(40)44)46-26-7-10-33-51(46)59(53-35-17-37-55-57(53)50-28-9-12-36-54(50)61-55)43-25-13-22-41(38-43)45-30-16-32-49-47-27-8-11-34-52(47)60(58(45)49)42-23-5-2-6-24-42/h1-38H. The molecule has 12 aromatic rings. The molecule has 3 heteroatoms. The third-order valence-corrected chi connectivity index (χ3v) is 12.2. The Morgan fingerprint density at radius 2 is 0.951 bits per heavy atom. The maximum atomic E-state index is 6.55. The normalized spacial score (nSPS) is 11.6.